The highest BCUT2D eigenvalue weighted by Crippen LogP contribution is 2.34. The minimum absolute atomic E-state index is 0.0953. The van der Waals surface area contributed by atoms with E-state index in [1.807, 2.05) is 0 Å². The molecule has 0 aliphatic carbocycles. The van der Waals surface area contributed by atoms with E-state index in [1.165, 1.54) is 24.5 Å². The third-order valence-corrected chi connectivity index (χ3v) is 16.8. The fourth-order valence-electron chi connectivity index (χ4n) is 11.9. The van der Waals surface area contributed by atoms with E-state index in [-0.39, 0.29) is 109 Å². The van der Waals surface area contributed by atoms with Gasteiger partial charge in [0, 0.05) is 93.7 Å². The Labute approximate surface area is 554 Å². The molecule has 5 heterocycles. The van der Waals surface area contributed by atoms with Crippen LogP contribution in [0.1, 0.15) is 97.8 Å². The fourth-order valence-corrected chi connectivity index (χ4v) is 11.9. The number of nitrogens with zero attached hydrogens (tertiary/aromatic N) is 9. The fraction of sp³-hybridized carbons (Fsp3) is 0.531. The summed E-state index contributed by atoms with van der Waals surface area (Å²) in [5, 5.41) is 61.7. The SMILES string of the molecule is CN(CC(=O)O)C1(CCCCC(=O)N[C@@H](CCC(=O)NCCCCOc2ccc3nccc(C(=O)NCC(=O)N4CC(F)(F)C[C@H]4C#N)c3c2)C(=O)NCCCCOc2ccc3nccc(C(=O)NCC(=O)N4CC(F)(F)C[C@H]4C#N)c3c2)CN(CC(=O)O)CCN(CC(=O)O)C1. The number of hydrogen-bond acceptors (Lipinski definition) is 19. The number of unbranched alkanes of at least 4 members (excludes halogenated alkanes) is 3. The predicted octanol–water partition coefficient (Wildman–Crippen LogP) is 2.38. The molecule has 0 unspecified atom stereocenters. The maximum atomic E-state index is 14.0. The quantitative estimate of drug-likeness (QED) is 0.0242. The number of amides is 7. The smallest absolute Gasteiger partial charge is 0.317 e. The number of pyridine rings is 2. The number of halogens is 4. The lowest BCUT2D eigenvalue weighted by atomic mass is 9.88. The van der Waals surface area contributed by atoms with Crippen LogP contribution in [0, 0.1) is 22.7 Å². The lowest BCUT2D eigenvalue weighted by Gasteiger charge is -2.44. The van der Waals surface area contributed by atoms with Crippen molar-refractivity contribution in [2.24, 2.45) is 0 Å². The average molecular weight is 1360 g/mol. The molecule has 0 radical (unpaired) electrons. The lowest BCUT2D eigenvalue weighted by molar-refractivity contribution is -0.142. The molecule has 0 saturated carbocycles. The summed E-state index contributed by atoms with van der Waals surface area (Å²) in [5.41, 5.74) is 0.0367. The Hall–Kier alpha value is -9.86. The van der Waals surface area contributed by atoms with Crippen LogP contribution in [0.3, 0.4) is 0 Å². The van der Waals surface area contributed by atoms with Gasteiger partial charge in [-0.3, -0.25) is 72.6 Å². The van der Waals surface area contributed by atoms with Crippen LogP contribution in [-0.4, -0.2) is 250 Å². The van der Waals surface area contributed by atoms with Crippen molar-refractivity contribution in [3.8, 4) is 23.6 Å². The molecule has 33 heteroatoms. The first-order valence-corrected chi connectivity index (χ1v) is 31.6. The molecule has 3 aliphatic heterocycles. The van der Waals surface area contributed by atoms with E-state index in [1.54, 1.807) is 70.3 Å². The number of likely N-dealkylation sites (tertiary alicyclic amines) is 2. The van der Waals surface area contributed by atoms with Gasteiger partial charge in [0.25, 0.3) is 23.7 Å². The van der Waals surface area contributed by atoms with Crippen LogP contribution in [0.15, 0.2) is 60.9 Å². The second-order valence-corrected chi connectivity index (χ2v) is 24.2. The number of carbonyl (C=O) groups excluding carboxylic acids is 7. The topological polar surface area (TPSA) is 400 Å². The van der Waals surface area contributed by atoms with Crippen molar-refractivity contribution in [1.29, 1.82) is 10.5 Å². The molecule has 3 fully saturated rings. The molecule has 2 aromatic heterocycles. The van der Waals surface area contributed by atoms with Gasteiger partial charge in [0.15, 0.2) is 0 Å². The highest BCUT2D eigenvalue weighted by Gasteiger charge is 2.48. The number of nitrogens with one attached hydrogen (secondary N) is 5. The summed E-state index contributed by atoms with van der Waals surface area (Å²) in [6.45, 7) is -3.06. The van der Waals surface area contributed by atoms with E-state index < -0.39 is 140 Å². The molecule has 0 spiro atoms. The Balaban J connectivity index is 0.909. The number of aliphatic carboxylic acids is 3. The van der Waals surface area contributed by atoms with Crippen molar-refractivity contribution in [3.63, 3.8) is 0 Å². The first-order chi connectivity index (χ1) is 46.2. The van der Waals surface area contributed by atoms with Gasteiger partial charge in [-0.1, -0.05) is 6.42 Å². The lowest BCUT2D eigenvalue weighted by Crippen LogP contribution is -2.59. The van der Waals surface area contributed by atoms with E-state index >= 15 is 0 Å². The van der Waals surface area contributed by atoms with Gasteiger partial charge in [-0.2, -0.15) is 10.5 Å². The Kier molecular flexibility index (Phi) is 26.7. The number of rotatable bonds is 35. The molecule has 4 aromatic rings. The minimum Gasteiger partial charge on any atom is -0.494 e. The Morgan fingerprint density at radius 2 is 1.10 bits per heavy atom. The van der Waals surface area contributed by atoms with E-state index in [4.69, 9.17) is 9.47 Å². The van der Waals surface area contributed by atoms with Gasteiger partial charge in [0.2, 0.25) is 29.5 Å². The van der Waals surface area contributed by atoms with Crippen molar-refractivity contribution < 1.29 is 90.3 Å². The zero-order valence-corrected chi connectivity index (χ0v) is 53.4. The molecular formula is C64H78F4N14O15. The number of carboxylic acid groups (broad SMARTS) is 3. The van der Waals surface area contributed by atoms with Crippen LogP contribution in [-0.2, 0) is 38.4 Å². The molecule has 29 nitrogen and oxygen atoms in total. The van der Waals surface area contributed by atoms with Crippen molar-refractivity contribution in [2.75, 3.05) is 105 Å². The molecule has 0 bridgehead atoms. The van der Waals surface area contributed by atoms with Crippen molar-refractivity contribution in [3.05, 3.63) is 72.1 Å². The average Bonchev–Trinajstić information content (AvgIpc) is 1.41. The number of fused-ring (bicyclic) bond motifs is 2. The number of carbonyl (C=O) groups is 10. The Morgan fingerprint density at radius 1 is 0.619 bits per heavy atom. The number of benzene rings is 2. The number of likely N-dealkylation sites (N-methyl/N-ethyl adjacent to an activating group) is 1. The van der Waals surface area contributed by atoms with E-state index in [0.29, 0.717) is 65.4 Å². The summed E-state index contributed by atoms with van der Waals surface area (Å²) in [5.74, 6) is -13.8. The second-order valence-electron chi connectivity index (χ2n) is 24.2. The van der Waals surface area contributed by atoms with Gasteiger partial charge in [-0.25, -0.2) is 17.6 Å². The third-order valence-electron chi connectivity index (χ3n) is 16.8. The summed E-state index contributed by atoms with van der Waals surface area (Å²) in [6.07, 6.45) is 3.23. The van der Waals surface area contributed by atoms with Gasteiger partial charge in [0.05, 0.1) is 93.3 Å². The third kappa shape index (κ3) is 22.1. The van der Waals surface area contributed by atoms with Gasteiger partial charge in [-0.05, 0) is 101 Å². The number of aromatic nitrogens is 2. The summed E-state index contributed by atoms with van der Waals surface area (Å²) in [6, 6.07) is 12.0. The zero-order valence-electron chi connectivity index (χ0n) is 53.4. The Bertz CT molecular complexity index is 3600. The largest absolute Gasteiger partial charge is 0.494 e. The number of carboxylic acids is 3. The van der Waals surface area contributed by atoms with Crippen LogP contribution in [0.5, 0.6) is 11.5 Å². The van der Waals surface area contributed by atoms with Crippen molar-refractivity contribution in [2.45, 2.75) is 113 Å². The minimum atomic E-state index is -3.23. The Morgan fingerprint density at radius 3 is 1.57 bits per heavy atom. The van der Waals surface area contributed by atoms with Gasteiger partial charge in [0.1, 0.15) is 29.6 Å². The molecule has 3 atom stereocenters. The molecule has 8 N–H and O–H groups in total. The summed E-state index contributed by atoms with van der Waals surface area (Å²) in [7, 11) is 1.57. The molecule has 7 rings (SSSR count). The zero-order chi connectivity index (χ0) is 70.5. The molecular weight excluding hydrogens is 1280 g/mol. The summed E-state index contributed by atoms with van der Waals surface area (Å²) >= 11 is 0. The van der Waals surface area contributed by atoms with E-state index in [2.05, 4.69) is 36.6 Å². The molecule has 7 amide bonds. The van der Waals surface area contributed by atoms with Crippen LogP contribution in [0.4, 0.5) is 17.6 Å². The van der Waals surface area contributed by atoms with Gasteiger partial charge >= 0.3 is 17.9 Å². The van der Waals surface area contributed by atoms with E-state index in [0.717, 1.165) is 9.80 Å². The van der Waals surface area contributed by atoms with E-state index in [9.17, 15) is 91.4 Å². The van der Waals surface area contributed by atoms with Crippen LogP contribution in [0.2, 0.25) is 0 Å². The van der Waals surface area contributed by atoms with Gasteiger partial charge < -0.3 is 61.2 Å². The summed E-state index contributed by atoms with van der Waals surface area (Å²) in [4.78, 5) is 143. The predicted molar refractivity (Wildman–Crippen MR) is 336 cm³/mol. The van der Waals surface area contributed by atoms with Crippen molar-refractivity contribution >= 4 is 81.1 Å². The van der Waals surface area contributed by atoms with Gasteiger partial charge in [-0.15, -0.1) is 0 Å². The number of alkyl halides is 4. The highest BCUT2D eigenvalue weighted by atomic mass is 19.3. The van der Waals surface area contributed by atoms with Crippen LogP contribution < -0.4 is 36.1 Å². The highest BCUT2D eigenvalue weighted by molar-refractivity contribution is 6.08. The molecule has 3 saturated heterocycles. The van der Waals surface area contributed by atoms with Crippen molar-refractivity contribution in [1.82, 2.24) is 61.1 Å². The molecule has 97 heavy (non-hydrogen) atoms. The molecule has 2 aromatic carbocycles. The van der Waals surface area contributed by atoms with Crippen LogP contribution in [0.25, 0.3) is 21.8 Å². The maximum Gasteiger partial charge on any atom is 0.317 e. The number of hydrogen-bond donors (Lipinski definition) is 8. The number of nitriles is 2. The second kappa shape index (κ2) is 34.7. The van der Waals surface area contributed by atoms with Crippen LogP contribution >= 0.6 is 0 Å². The molecule has 522 valence electrons. The number of ether oxygens (including phenoxy) is 2. The summed E-state index contributed by atoms with van der Waals surface area (Å²) < 4.78 is 67.7. The standard InChI is InChI=1S/C64H78F4N14O15/c1-78(34-56(87)88)62(37-79(35-57(89)90)22-23-80(38-62)36-58(91)92)17-3-2-8-53(84)77-51(61(95)74-19-5-7-25-97-44-10-12-50-48(27-44)46(16-21-72-50)60(94)76-33-55(86)82-40-64(67,68)29-42(82)31-70)13-14-52(83)73-18-4-6-24-96-43-9-11-49-47(26-43)45(15-20-71-49)59(93)75-32-54(85)81-39-63(65,66)28-41(81)30-69/h9-12,15-16,20-21,26-27,41-42,51H,2-8,13-14,17-19,22-25,28-29,32-40H2,1H3,(H,73,83)(H,74,95)(H,75,93)(H,76,94)(H,77,84)(H,87,88)(H,89,90)(H,91,92)/t41-,42-,51-/m0/s1. The first-order valence-electron chi connectivity index (χ1n) is 31.6. The molecule has 3 aliphatic rings. The normalized spacial score (nSPS) is 17.6. The monoisotopic (exact) mass is 1360 g/mol. The maximum absolute atomic E-state index is 14.0. The first kappa shape index (κ1) is 74.5.